The number of aliphatic hydroxyl groups excluding tert-OH is 1. The molecule has 1 fully saturated rings. The summed E-state index contributed by atoms with van der Waals surface area (Å²) in [6.07, 6.45) is 0.424. The van der Waals surface area contributed by atoms with E-state index in [1.54, 1.807) is 12.1 Å². The minimum absolute atomic E-state index is 0.00776. The Morgan fingerprint density at radius 1 is 1.33 bits per heavy atom. The molecule has 5 nitrogen and oxygen atoms in total. The molecule has 0 saturated carbocycles. The Kier molecular flexibility index (Phi) is 5.24. The van der Waals surface area contributed by atoms with Gasteiger partial charge in [0, 0.05) is 18.3 Å². The van der Waals surface area contributed by atoms with Gasteiger partial charge in [-0.2, -0.15) is 0 Å². The molecule has 6 heteroatoms. The molecular formula is C15H23NO4S. The molecule has 0 aromatic heterocycles. The van der Waals surface area contributed by atoms with Gasteiger partial charge in [-0.15, -0.1) is 0 Å². The number of anilines is 1. The zero-order valence-corrected chi connectivity index (χ0v) is 13.3. The third-order valence-electron chi connectivity index (χ3n) is 3.71. The van der Waals surface area contributed by atoms with Crippen molar-refractivity contribution in [3.8, 4) is 0 Å². The molecule has 21 heavy (non-hydrogen) atoms. The molecule has 1 heterocycles. The molecule has 0 radical (unpaired) electrons. The van der Waals surface area contributed by atoms with Crippen LogP contribution < -0.4 is 4.90 Å². The summed E-state index contributed by atoms with van der Waals surface area (Å²) < 4.78 is 29.5. The van der Waals surface area contributed by atoms with Crippen LogP contribution in [0.3, 0.4) is 0 Å². The van der Waals surface area contributed by atoms with Gasteiger partial charge in [-0.3, -0.25) is 0 Å². The van der Waals surface area contributed by atoms with Crippen molar-refractivity contribution in [2.75, 3.05) is 30.4 Å². The molecule has 1 aliphatic rings. The van der Waals surface area contributed by atoms with Crippen LogP contribution in [0.1, 0.15) is 20.3 Å². The second kappa shape index (κ2) is 6.77. The van der Waals surface area contributed by atoms with Crippen LogP contribution in [0.15, 0.2) is 29.2 Å². The number of aliphatic hydroxyl groups is 1. The Hall–Kier alpha value is -1.11. The van der Waals surface area contributed by atoms with Crippen LogP contribution in [0.5, 0.6) is 0 Å². The molecule has 1 aromatic rings. The van der Waals surface area contributed by atoms with Gasteiger partial charge in [0.2, 0.25) is 0 Å². The fourth-order valence-electron chi connectivity index (χ4n) is 2.52. The Bertz CT molecular complexity index is 556. The molecule has 0 spiro atoms. The highest BCUT2D eigenvalue weighted by Crippen LogP contribution is 2.24. The van der Waals surface area contributed by atoms with E-state index in [9.17, 15) is 13.5 Å². The van der Waals surface area contributed by atoms with Gasteiger partial charge < -0.3 is 14.7 Å². The first kappa shape index (κ1) is 16.3. The summed E-state index contributed by atoms with van der Waals surface area (Å²) in [5.41, 5.74) is 0.958. The predicted molar refractivity (Wildman–Crippen MR) is 82.4 cm³/mol. The highest BCUT2D eigenvalue weighted by Gasteiger charge is 2.26. The molecule has 0 amide bonds. The second-order valence-corrected chi connectivity index (χ2v) is 7.56. The van der Waals surface area contributed by atoms with E-state index in [1.807, 2.05) is 19.1 Å². The van der Waals surface area contributed by atoms with E-state index in [-0.39, 0.29) is 24.5 Å². The molecule has 2 atom stereocenters. The van der Waals surface area contributed by atoms with Crippen LogP contribution in [0.25, 0.3) is 0 Å². The predicted octanol–water partition coefficient (Wildman–Crippen LogP) is 1.46. The van der Waals surface area contributed by atoms with Gasteiger partial charge in [0.1, 0.15) is 0 Å². The molecule has 118 valence electrons. The van der Waals surface area contributed by atoms with Crippen LogP contribution in [0, 0.1) is 0 Å². The Morgan fingerprint density at radius 3 is 2.57 bits per heavy atom. The van der Waals surface area contributed by atoms with E-state index in [1.165, 1.54) is 0 Å². The maximum atomic E-state index is 12.0. The quantitative estimate of drug-likeness (QED) is 0.891. The Morgan fingerprint density at radius 2 is 2.00 bits per heavy atom. The lowest BCUT2D eigenvalue weighted by molar-refractivity contribution is -0.0103. The zero-order valence-electron chi connectivity index (χ0n) is 12.5. The number of morpholine rings is 1. The number of rotatable bonds is 5. The number of ether oxygens (including phenoxy) is 1. The Balaban J connectivity index is 2.18. The van der Waals surface area contributed by atoms with Crippen LogP contribution in [0.4, 0.5) is 5.69 Å². The van der Waals surface area contributed by atoms with Gasteiger partial charge in [-0.05, 0) is 37.6 Å². The average molecular weight is 313 g/mol. The van der Waals surface area contributed by atoms with E-state index in [0.29, 0.717) is 24.5 Å². The van der Waals surface area contributed by atoms with Crippen molar-refractivity contribution < 1.29 is 18.3 Å². The number of hydrogen-bond acceptors (Lipinski definition) is 5. The van der Waals surface area contributed by atoms with E-state index in [4.69, 9.17) is 4.74 Å². The first-order valence-electron chi connectivity index (χ1n) is 7.30. The molecule has 2 rings (SSSR count). The van der Waals surface area contributed by atoms with E-state index < -0.39 is 9.84 Å². The summed E-state index contributed by atoms with van der Waals surface area (Å²) in [6, 6.07) is 7.19. The molecule has 1 N–H and O–H groups in total. The first-order chi connectivity index (χ1) is 9.97. The second-order valence-electron chi connectivity index (χ2n) is 5.45. The largest absolute Gasteiger partial charge is 0.394 e. The summed E-state index contributed by atoms with van der Waals surface area (Å²) >= 11 is 0. The van der Waals surface area contributed by atoms with E-state index >= 15 is 0 Å². The lowest BCUT2D eigenvalue weighted by Crippen LogP contribution is -2.49. The van der Waals surface area contributed by atoms with Crippen LogP contribution in [0.2, 0.25) is 0 Å². The maximum Gasteiger partial charge on any atom is 0.178 e. The number of benzene rings is 1. The average Bonchev–Trinajstić information content (AvgIpc) is 2.48. The lowest BCUT2D eigenvalue weighted by Gasteiger charge is -2.39. The monoisotopic (exact) mass is 313 g/mol. The standard InChI is InChI=1S/C15H23NO4S/c1-3-8-21(18,19)15-6-4-13(5-7-15)16-9-14(10-17)20-11-12(16)2/h4-7,12,14,17H,3,8-11H2,1-2H3. The minimum atomic E-state index is -3.17. The van der Waals surface area contributed by atoms with Gasteiger partial charge in [0.05, 0.1) is 30.0 Å². The van der Waals surface area contributed by atoms with Crippen LogP contribution in [-0.4, -0.2) is 51.2 Å². The highest BCUT2D eigenvalue weighted by molar-refractivity contribution is 7.91. The van der Waals surface area contributed by atoms with Crippen molar-refractivity contribution >= 4 is 15.5 Å². The van der Waals surface area contributed by atoms with Crippen molar-refractivity contribution in [1.82, 2.24) is 0 Å². The van der Waals surface area contributed by atoms with Crippen LogP contribution >= 0.6 is 0 Å². The Labute approximate surface area is 126 Å². The molecule has 1 saturated heterocycles. The maximum absolute atomic E-state index is 12.0. The zero-order chi connectivity index (χ0) is 15.5. The van der Waals surface area contributed by atoms with Crippen molar-refractivity contribution in [3.63, 3.8) is 0 Å². The molecular weight excluding hydrogens is 290 g/mol. The number of hydrogen-bond donors (Lipinski definition) is 1. The topological polar surface area (TPSA) is 66.8 Å². The summed E-state index contributed by atoms with van der Waals surface area (Å²) in [6.45, 7) is 5.07. The van der Waals surface area contributed by atoms with Gasteiger partial charge in [-0.25, -0.2) is 8.42 Å². The lowest BCUT2D eigenvalue weighted by atomic mass is 10.1. The summed E-state index contributed by atoms with van der Waals surface area (Å²) in [4.78, 5) is 2.51. The van der Waals surface area contributed by atoms with Crippen molar-refractivity contribution in [1.29, 1.82) is 0 Å². The SMILES string of the molecule is CCCS(=O)(=O)c1ccc(N2CC(CO)OCC2C)cc1. The number of sulfone groups is 1. The third-order valence-corrected chi connectivity index (χ3v) is 5.65. The van der Waals surface area contributed by atoms with Crippen LogP contribution in [-0.2, 0) is 14.6 Å². The highest BCUT2D eigenvalue weighted by atomic mass is 32.2. The van der Waals surface area contributed by atoms with Gasteiger partial charge >= 0.3 is 0 Å². The van der Waals surface area contributed by atoms with E-state index in [0.717, 1.165) is 5.69 Å². The first-order valence-corrected chi connectivity index (χ1v) is 8.95. The number of nitrogens with zero attached hydrogens (tertiary/aromatic N) is 1. The van der Waals surface area contributed by atoms with Gasteiger partial charge in [-0.1, -0.05) is 6.92 Å². The molecule has 1 aromatic carbocycles. The van der Waals surface area contributed by atoms with Crippen molar-refractivity contribution in [3.05, 3.63) is 24.3 Å². The molecule has 2 unspecified atom stereocenters. The van der Waals surface area contributed by atoms with E-state index in [2.05, 4.69) is 11.8 Å². The molecule has 1 aliphatic heterocycles. The fraction of sp³-hybridized carbons (Fsp3) is 0.600. The van der Waals surface area contributed by atoms with Gasteiger partial charge in [0.25, 0.3) is 0 Å². The molecule has 0 bridgehead atoms. The third kappa shape index (κ3) is 3.75. The fourth-order valence-corrected chi connectivity index (χ4v) is 3.84. The van der Waals surface area contributed by atoms with Crippen molar-refractivity contribution in [2.45, 2.75) is 37.3 Å². The summed E-state index contributed by atoms with van der Waals surface area (Å²) in [7, 11) is -3.17. The summed E-state index contributed by atoms with van der Waals surface area (Å²) in [5.74, 6) is 0.174. The van der Waals surface area contributed by atoms with Gasteiger partial charge in [0.15, 0.2) is 9.84 Å². The normalized spacial score (nSPS) is 23.3. The summed E-state index contributed by atoms with van der Waals surface area (Å²) in [5, 5.41) is 9.22. The van der Waals surface area contributed by atoms with Crippen molar-refractivity contribution in [2.24, 2.45) is 0 Å². The minimum Gasteiger partial charge on any atom is -0.394 e. The molecule has 0 aliphatic carbocycles. The smallest absolute Gasteiger partial charge is 0.178 e.